The molecule has 1 unspecified atom stereocenters. The minimum absolute atomic E-state index is 0.170. The van der Waals surface area contributed by atoms with Crippen molar-refractivity contribution < 1.29 is 27.1 Å². The molecule has 1 fully saturated rings. The Morgan fingerprint density at radius 2 is 2.00 bits per heavy atom. The summed E-state index contributed by atoms with van der Waals surface area (Å²) in [5.74, 6) is -7.12. The second kappa shape index (κ2) is 8.01. The number of aliphatic hydroxyl groups is 1. The zero-order valence-corrected chi connectivity index (χ0v) is 18.4. The van der Waals surface area contributed by atoms with Crippen molar-refractivity contribution >= 4 is 22.4 Å². The van der Waals surface area contributed by atoms with Crippen LogP contribution in [0.1, 0.15) is 43.0 Å². The maximum absolute atomic E-state index is 14.1. The van der Waals surface area contributed by atoms with Gasteiger partial charge in [0.1, 0.15) is 18.2 Å². The number of halogens is 5. The van der Waals surface area contributed by atoms with E-state index in [-0.39, 0.29) is 11.4 Å². The Kier molecular flexibility index (Phi) is 5.31. The highest BCUT2D eigenvalue weighted by Crippen LogP contribution is 2.45. The molecule has 0 amide bonds. The van der Waals surface area contributed by atoms with Gasteiger partial charge in [0.15, 0.2) is 5.65 Å². The van der Waals surface area contributed by atoms with Crippen molar-refractivity contribution in [1.29, 1.82) is 0 Å². The number of alkyl halides is 4. The third-order valence-corrected chi connectivity index (χ3v) is 6.25. The van der Waals surface area contributed by atoms with E-state index in [2.05, 4.69) is 15.4 Å². The Hall–Kier alpha value is -3.54. The Balaban J connectivity index is 1.59. The minimum atomic E-state index is -3.63. The molecule has 0 radical (unpaired) electrons. The Labute approximate surface area is 194 Å². The molecule has 0 bridgehead atoms. The van der Waals surface area contributed by atoms with Crippen LogP contribution in [-0.2, 0) is 5.92 Å². The number of hydrogen-bond acceptors (Lipinski definition) is 5. The molecule has 1 atom stereocenters. The SMILES string of the molecule is CC(Nc1nc2ccnn2c2cc(=O)n(C3CC(F)(F)C3)cc12)c1cc(F)cc(C(F)(F)CO)c1. The number of pyridine rings is 1. The molecule has 1 aromatic carbocycles. The third-order valence-electron chi connectivity index (χ3n) is 6.25. The van der Waals surface area contributed by atoms with E-state index in [0.29, 0.717) is 22.6 Å². The molecule has 184 valence electrons. The first-order chi connectivity index (χ1) is 16.5. The van der Waals surface area contributed by atoms with Crippen LogP contribution >= 0.6 is 0 Å². The monoisotopic (exact) mass is 493 g/mol. The number of nitrogens with zero attached hydrogens (tertiary/aromatic N) is 4. The van der Waals surface area contributed by atoms with Gasteiger partial charge in [-0.1, -0.05) is 0 Å². The number of hydrogen-bond donors (Lipinski definition) is 2. The first-order valence-electron chi connectivity index (χ1n) is 10.8. The van der Waals surface area contributed by atoms with Crippen LogP contribution in [0.25, 0.3) is 16.6 Å². The topological polar surface area (TPSA) is 84.5 Å². The summed E-state index contributed by atoms with van der Waals surface area (Å²) in [6.07, 6.45) is 1.99. The van der Waals surface area contributed by atoms with Gasteiger partial charge in [0.25, 0.3) is 17.4 Å². The van der Waals surface area contributed by atoms with Gasteiger partial charge in [-0.3, -0.25) is 4.79 Å². The summed E-state index contributed by atoms with van der Waals surface area (Å²) >= 11 is 0. The average molecular weight is 493 g/mol. The van der Waals surface area contributed by atoms with Crippen LogP contribution in [-0.4, -0.2) is 36.8 Å². The molecule has 3 heterocycles. The van der Waals surface area contributed by atoms with Crippen LogP contribution < -0.4 is 10.9 Å². The van der Waals surface area contributed by atoms with Gasteiger partial charge in [-0.15, -0.1) is 0 Å². The molecule has 0 aliphatic heterocycles. The second-order valence-electron chi connectivity index (χ2n) is 8.80. The molecule has 0 spiro atoms. The quantitative estimate of drug-likeness (QED) is 0.389. The number of nitrogens with one attached hydrogen (secondary N) is 1. The average Bonchev–Trinajstić information content (AvgIpc) is 3.25. The lowest BCUT2D eigenvalue weighted by Crippen LogP contribution is -2.40. The highest BCUT2D eigenvalue weighted by atomic mass is 19.3. The fraction of sp³-hybridized carbons (Fsp3) is 0.348. The van der Waals surface area contributed by atoms with Crippen molar-refractivity contribution in [3.63, 3.8) is 0 Å². The maximum atomic E-state index is 14.1. The van der Waals surface area contributed by atoms with E-state index in [4.69, 9.17) is 5.11 Å². The van der Waals surface area contributed by atoms with Crippen molar-refractivity contribution in [3.8, 4) is 0 Å². The normalized spacial score (nSPS) is 17.0. The molecule has 35 heavy (non-hydrogen) atoms. The number of anilines is 1. The largest absolute Gasteiger partial charge is 0.390 e. The van der Waals surface area contributed by atoms with Gasteiger partial charge in [0.2, 0.25) is 0 Å². The smallest absolute Gasteiger partial charge is 0.295 e. The second-order valence-corrected chi connectivity index (χ2v) is 8.80. The molecule has 1 saturated carbocycles. The van der Waals surface area contributed by atoms with E-state index < -0.39 is 60.3 Å². The van der Waals surface area contributed by atoms with Gasteiger partial charge in [-0.2, -0.15) is 13.9 Å². The van der Waals surface area contributed by atoms with Crippen LogP contribution in [0.5, 0.6) is 0 Å². The molecular weight excluding hydrogens is 473 g/mol. The number of fused-ring (bicyclic) bond motifs is 3. The number of aliphatic hydroxyl groups excluding tert-OH is 1. The molecule has 2 N–H and O–H groups in total. The summed E-state index contributed by atoms with van der Waals surface area (Å²) in [6, 6.07) is 4.30. The first kappa shape index (κ1) is 23.2. The summed E-state index contributed by atoms with van der Waals surface area (Å²) in [6.45, 7) is 0.131. The summed E-state index contributed by atoms with van der Waals surface area (Å²) in [7, 11) is 0. The van der Waals surface area contributed by atoms with E-state index in [1.54, 1.807) is 13.0 Å². The number of rotatable bonds is 6. The van der Waals surface area contributed by atoms with Crippen molar-refractivity contribution in [3.05, 3.63) is 70.0 Å². The summed E-state index contributed by atoms with van der Waals surface area (Å²) in [5.41, 5.74) is -0.225. The van der Waals surface area contributed by atoms with E-state index in [9.17, 15) is 26.7 Å². The first-order valence-corrected chi connectivity index (χ1v) is 10.8. The maximum Gasteiger partial charge on any atom is 0.295 e. The van der Waals surface area contributed by atoms with Gasteiger partial charge in [0.05, 0.1) is 23.1 Å². The van der Waals surface area contributed by atoms with Crippen LogP contribution in [0.15, 0.2) is 47.5 Å². The molecule has 3 aromatic heterocycles. The summed E-state index contributed by atoms with van der Waals surface area (Å²) in [4.78, 5) is 17.2. The fourth-order valence-corrected chi connectivity index (χ4v) is 4.31. The summed E-state index contributed by atoms with van der Waals surface area (Å²) in [5, 5.41) is 16.6. The molecule has 5 rings (SSSR count). The minimum Gasteiger partial charge on any atom is -0.390 e. The van der Waals surface area contributed by atoms with Crippen molar-refractivity contribution in [2.45, 2.75) is 43.7 Å². The Bertz CT molecular complexity index is 1490. The van der Waals surface area contributed by atoms with E-state index in [1.807, 2.05) is 0 Å². The van der Waals surface area contributed by atoms with Crippen LogP contribution in [0.4, 0.5) is 27.8 Å². The van der Waals surface area contributed by atoms with Crippen molar-refractivity contribution in [2.75, 3.05) is 11.9 Å². The predicted octanol–water partition coefficient (Wildman–Crippen LogP) is 4.41. The lowest BCUT2D eigenvalue weighted by atomic mass is 9.88. The molecule has 7 nitrogen and oxygen atoms in total. The highest BCUT2D eigenvalue weighted by Gasteiger charge is 2.46. The van der Waals surface area contributed by atoms with Gasteiger partial charge in [-0.25, -0.2) is 22.7 Å². The zero-order valence-electron chi connectivity index (χ0n) is 18.4. The third kappa shape index (κ3) is 4.11. The van der Waals surface area contributed by atoms with Crippen molar-refractivity contribution in [1.82, 2.24) is 19.2 Å². The number of benzene rings is 1. The van der Waals surface area contributed by atoms with E-state index in [1.165, 1.54) is 27.5 Å². The Morgan fingerprint density at radius 1 is 1.26 bits per heavy atom. The van der Waals surface area contributed by atoms with E-state index >= 15 is 0 Å². The fourth-order valence-electron chi connectivity index (χ4n) is 4.31. The van der Waals surface area contributed by atoms with Gasteiger partial charge >= 0.3 is 0 Å². The van der Waals surface area contributed by atoms with Crippen LogP contribution in [0, 0.1) is 5.82 Å². The molecule has 0 saturated heterocycles. The van der Waals surface area contributed by atoms with Crippen LogP contribution in [0.3, 0.4) is 0 Å². The zero-order chi connectivity index (χ0) is 25.1. The lowest BCUT2D eigenvalue weighted by Gasteiger charge is -2.36. The van der Waals surface area contributed by atoms with Crippen LogP contribution in [0.2, 0.25) is 0 Å². The molecule has 1 aliphatic carbocycles. The van der Waals surface area contributed by atoms with Crippen molar-refractivity contribution in [2.24, 2.45) is 0 Å². The highest BCUT2D eigenvalue weighted by molar-refractivity contribution is 5.90. The van der Waals surface area contributed by atoms with Gasteiger partial charge < -0.3 is 15.0 Å². The number of aromatic nitrogens is 4. The molecular formula is C23H20F5N5O2. The molecule has 12 heteroatoms. The standard InChI is InChI=1S/C23H20F5N5O2/c1-12(13-4-14(6-15(24)5-13)23(27,28)11-34)30-21-17-10-32(16-8-22(25,26)9-16)20(35)7-18(17)33-19(31-21)2-3-29-33/h2-7,10,12,16,34H,8-9,11H2,1H3,(H,30,31). The molecule has 1 aliphatic rings. The van der Waals surface area contributed by atoms with Gasteiger partial charge in [0, 0.05) is 42.8 Å². The summed E-state index contributed by atoms with van der Waals surface area (Å²) < 4.78 is 71.7. The Morgan fingerprint density at radius 3 is 2.69 bits per heavy atom. The van der Waals surface area contributed by atoms with Gasteiger partial charge in [-0.05, 0) is 30.7 Å². The van der Waals surface area contributed by atoms with E-state index in [0.717, 1.165) is 12.1 Å². The lowest BCUT2D eigenvalue weighted by molar-refractivity contribution is -0.104. The molecule has 4 aromatic rings. The predicted molar refractivity (Wildman–Crippen MR) is 117 cm³/mol.